The van der Waals surface area contributed by atoms with Crippen molar-refractivity contribution in [3.05, 3.63) is 43.6 Å². The number of hydrogen-bond acceptors (Lipinski definition) is 10. The van der Waals surface area contributed by atoms with E-state index in [1.807, 2.05) is 0 Å². The zero-order valence-corrected chi connectivity index (χ0v) is 24.0. The number of aliphatic carboxylic acids is 3. The number of carbonyl (C=O) groups is 3. The number of aliphatic hydroxyl groups is 1. The van der Waals surface area contributed by atoms with Gasteiger partial charge in [0, 0.05) is 44.2 Å². The number of benzene rings is 1. The van der Waals surface area contributed by atoms with E-state index in [4.69, 9.17) is 0 Å². The molecule has 1 saturated carbocycles. The number of carboxylic acid groups (broad SMARTS) is 3. The van der Waals surface area contributed by atoms with Crippen LogP contribution in [0, 0.1) is 16.0 Å². The molecule has 13 nitrogen and oxygen atoms in total. The molecule has 2 unspecified atom stereocenters. The minimum Gasteiger partial charge on any atom is -0.481 e. The van der Waals surface area contributed by atoms with Gasteiger partial charge in [0.1, 0.15) is 10.6 Å². The first-order valence-electron chi connectivity index (χ1n) is 13.8. The molecule has 44 heavy (non-hydrogen) atoms. The van der Waals surface area contributed by atoms with Gasteiger partial charge in [-0.15, -0.1) is 11.3 Å². The van der Waals surface area contributed by atoms with E-state index < -0.39 is 79.3 Å². The standard InChI is InChI=1S/C27H30F3N3O10S/c28-27(29,30)15-10-16-21(36)19(20(24(37)38)26(41,25(39)40)12-18(34)35)23(44-22(16)17(11-15)33(42)43)32-8-6-31(7-9-32)13-14-4-2-1-3-5-14/h10-11,14,20,41H,1-9,12-13H2,(H,34,35)(H,37,38)(H,39,40). The fourth-order valence-corrected chi connectivity index (χ4v) is 7.36. The van der Waals surface area contributed by atoms with Gasteiger partial charge in [-0.3, -0.25) is 29.4 Å². The molecule has 2 atom stereocenters. The van der Waals surface area contributed by atoms with Crippen molar-refractivity contribution in [2.45, 2.75) is 56.2 Å². The van der Waals surface area contributed by atoms with Crippen molar-refractivity contribution >= 4 is 50.0 Å². The summed E-state index contributed by atoms with van der Waals surface area (Å²) in [6.45, 7) is 1.86. The zero-order chi connectivity index (χ0) is 32.6. The van der Waals surface area contributed by atoms with Gasteiger partial charge in [-0.2, -0.15) is 13.2 Å². The van der Waals surface area contributed by atoms with Crippen LogP contribution < -0.4 is 10.3 Å². The van der Waals surface area contributed by atoms with E-state index in [1.165, 1.54) is 11.3 Å². The molecule has 0 spiro atoms. The predicted molar refractivity (Wildman–Crippen MR) is 150 cm³/mol. The van der Waals surface area contributed by atoms with E-state index in [1.54, 1.807) is 0 Å². The molecule has 2 fully saturated rings. The Hall–Kier alpha value is -3.83. The molecule has 1 aliphatic carbocycles. The first-order valence-corrected chi connectivity index (χ1v) is 14.6. The average molecular weight is 646 g/mol. The average Bonchev–Trinajstić information content (AvgIpc) is 2.93. The molecule has 1 aromatic carbocycles. The molecular weight excluding hydrogens is 615 g/mol. The fraction of sp³-hybridized carbons (Fsp3) is 0.556. The minimum atomic E-state index is -5.15. The summed E-state index contributed by atoms with van der Waals surface area (Å²) in [6, 6.07) is 0.545. The molecule has 4 rings (SSSR count). The Morgan fingerprint density at radius 1 is 1.05 bits per heavy atom. The van der Waals surface area contributed by atoms with Gasteiger partial charge in [-0.05, 0) is 24.8 Å². The zero-order valence-electron chi connectivity index (χ0n) is 23.2. The number of carboxylic acids is 3. The van der Waals surface area contributed by atoms with Gasteiger partial charge < -0.3 is 25.3 Å². The molecule has 2 aromatic rings. The van der Waals surface area contributed by atoms with Crippen molar-refractivity contribution in [2.75, 3.05) is 37.6 Å². The largest absolute Gasteiger partial charge is 0.481 e. The van der Waals surface area contributed by atoms with E-state index in [-0.39, 0.29) is 24.2 Å². The lowest BCUT2D eigenvalue weighted by molar-refractivity contribution is -0.383. The number of rotatable bonds is 10. The van der Waals surface area contributed by atoms with Gasteiger partial charge in [0.15, 0.2) is 11.0 Å². The molecule has 2 aliphatic rings. The number of nitro benzene ring substituents is 1. The number of alkyl halides is 3. The lowest BCUT2D eigenvalue weighted by Gasteiger charge is -2.39. The molecule has 0 bridgehead atoms. The third kappa shape index (κ3) is 6.63. The van der Waals surface area contributed by atoms with Crippen LogP contribution in [0.1, 0.15) is 55.6 Å². The van der Waals surface area contributed by atoms with Gasteiger partial charge in [-0.25, -0.2) is 4.79 Å². The Bertz CT molecular complexity index is 1530. The highest BCUT2D eigenvalue weighted by atomic mass is 32.1. The summed E-state index contributed by atoms with van der Waals surface area (Å²) in [5.41, 5.74) is -8.73. The van der Waals surface area contributed by atoms with Crippen molar-refractivity contribution in [1.82, 2.24) is 4.90 Å². The maximum absolute atomic E-state index is 13.9. The van der Waals surface area contributed by atoms with Crippen molar-refractivity contribution in [3.8, 4) is 0 Å². The smallest absolute Gasteiger partial charge is 0.416 e. The normalized spacial score (nSPS) is 19.0. The van der Waals surface area contributed by atoms with Crippen LogP contribution in [0.25, 0.3) is 10.1 Å². The van der Waals surface area contributed by atoms with E-state index in [0.717, 1.165) is 32.2 Å². The Kier molecular flexibility index (Phi) is 9.51. The SMILES string of the molecule is O=C(O)CC(O)(C(=O)O)C(C(=O)O)c1c(N2CCN(CC3CCCCC3)CC2)sc2c([N+](=O)[O-])cc(C(F)(F)F)cc2c1=O. The van der Waals surface area contributed by atoms with Crippen molar-refractivity contribution < 1.29 is 52.9 Å². The topological polar surface area (TPSA) is 199 Å². The maximum Gasteiger partial charge on any atom is 0.416 e. The molecule has 240 valence electrons. The van der Waals surface area contributed by atoms with Crippen LogP contribution in [0.3, 0.4) is 0 Å². The number of halogens is 3. The molecule has 17 heteroatoms. The lowest BCUT2D eigenvalue weighted by atomic mass is 9.79. The summed E-state index contributed by atoms with van der Waals surface area (Å²) in [6.07, 6.45) is -1.28. The summed E-state index contributed by atoms with van der Waals surface area (Å²) < 4.78 is 40.5. The lowest BCUT2D eigenvalue weighted by Crippen LogP contribution is -2.52. The highest BCUT2D eigenvalue weighted by Crippen LogP contribution is 2.44. The van der Waals surface area contributed by atoms with Crippen LogP contribution in [-0.2, 0) is 20.6 Å². The molecule has 0 radical (unpaired) electrons. The van der Waals surface area contributed by atoms with E-state index in [0.29, 0.717) is 36.4 Å². The first-order chi connectivity index (χ1) is 20.5. The van der Waals surface area contributed by atoms with Gasteiger partial charge in [0.2, 0.25) is 0 Å². The van der Waals surface area contributed by atoms with Crippen LogP contribution in [0.4, 0.5) is 23.9 Å². The third-order valence-corrected chi connectivity index (χ3v) is 9.52. The van der Waals surface area contributed by atoms with E-state index >= 15 is 0 Å². The van der Waals surface area contributed by atoms with Crippen LogP contribution in [0.5, 0.6) is 0 Å². The van der Waals surface area contributed by atoms with E-state index in [9.17, 15) is 62.9 Å². The summed E-state index contributed by atoms with van der Waals surface area (Å²) in [7, 11) is 0. The quantitative estimate of drug-likeness (QED) is 0.217. The second kappa shape index (κ2) is 12.6. The number of anilines is 1. The molecule has 4 N–H and O–H groups in total. The van der Waals surface area contributed by atoms with Gasteiger partial charge in [-0.1, -0.05) is 19.3 Å². The molecule has 1 saturated heterocycles. The van der Waals surface area contributed by atoms with Crippen molar-refractivity contribution in [2.24, 2.45) is 5.92 Å². The Balaban J connectivity index is 1.93. The predicted octanol–water partition coefficient (Wildman–Crippen LogP) is 3.35. The monoisotopic (exact) mass is 645 g/mol. The highest BCUT2D eigenvalue weighted by molar-refractivity contribution is 7.22. The molecule has 2 heterocycles. The van der Waals surface area contributed by atoms with Gasteiger partial charge in [0.25, 0.3) is 5.69 Å². The second-order valence-corrected chi connectivity index (χ2v) is 12.1. The summed E-state index contributed by atoms with van der Waals surface area (Å²) in [4.78, 5) is 64.6. The highest BCUT2D eigenvalue weighted by Gasteiger charge is 2.53. The van der Waals surface area contributed by atoms with Gasteiger partial charge in [0.05, 0.1) is 27.5 Å². The van der Waals surface area contributed by atoms with E-state index in [2.05, 4.69) is 4.90 Å². The second-order valence-electron chi connectivity index (χ2n) is 11.1. The molecule has 1 aliphatic heterocycles. The summed E-state index contributed by atoms with van der Waals surface area (Å²) >= 11 is 0.421. The van der Waals surface area contributed by atoms with Crippen molar-refractivity contribution in [1.29, 1.82) is 0 Å². The number of nitrogens with zero attached hydrogens (tertiary/aromatic N) is 3. The minimum absolute atomic E-state index is 0.131. The third-order valence-electron chi connectivity index (χ3n) is 8.22. The van der Waals surface area contributed by atoms with Gasteiger partial charge >= 0.3 is 24.1 Å². The fourth-order valence-electron chi connectivity index (χ4n) is 6.04. The molecule has 1 aromatic heterocycles. The Labute approximate surface area is 251 Å². The number of fused-ring (bicyclic) bond motifs is 1. The Morgan fingerprint density at radius 3 is 2.16 bits per heavy atom. The van der Waals surface area contributed by atoms with Crippen LogP contribution in [0.2, 0.25) is 0 Å². The Morgan fingerprint density at radius 2 is 1.66 bits per heavy atom. The van der Waals surface area contributed by atoms with Crippen molar-refractivity contribution in [3.63, 3.8) is 0 Å². The van der Waals surface area contributed by atoms with Crippen LogP contribution >= 0.6 is 11.3 Å². The number of hydrogen-bond donors (Lipinski definition) is 4. The van der Waals surface area contributed by atoms with Crippen LogP contribution in [0.15, 0.2) is 16.9 Å². The molecule has 0 amide bonds. The van der Waals surface area contributed by atoms with Crippen LogP contribution in [-0.4, -0.2) is 86.5 Å². The summed E-state index contributed by atoms with van der Waals surface area (Å²) in [5.74, 6) is -8.63. The number of piperazine rings is 1. The number of nitro groups is 1. The number of non-ortho nitro benzene ring substituents is 1. The summed E-state index contributed by atoms with van der Waals surface area (Å²) in [5, 5.41) is 50.9. The first kappa shape index (κ1) is 33.1. The maximum atomic E-state index is 13.9. The molecular formula is C27H30F3N3O10S.